The van der Waals surface area contributed by atoms with Gasteiger partial charge < -0.3 is 10.6 Å². The average Bonchev–Trinajstić information content (AvgIpc) is 2.16. The molecular weight excluding hydrogens is 172 g/mol. The van der Waals surface area contributed by atoms with Crippen LogP contribution >= 0.6 is 0 Å². The molecule has 14 heavy (non-hydrogen) atoms. The molecule has 2 nitrogen and oxygen atoms in total. The molecule has 0 fully saturated rings. The van der Waals surface area contributed by atoms with E-state index >= 15 is 0 Å². The molecule has 2 heteroatoms. The standard InChI is InChI=1S/C12H18N2/c1-9-8-12(2,3)14-11-7-5-4-6-10(11)13-9/h4-7,9,13-14H,8H2,1-3H3/t9-/m0/s1. The maximum Gasteiger partial charge on any atom is 0.0580 e. The molecule has 0 saturated carbocycles. The van der Waals surface area contributed by atoms with Crippen LogP contribution in [0.25, 0.3) is 0 Å². The molecule has 1 aliphatic heterocycles. The van der Waals surface area contributed by atoms with Gasteiger partial charge in [-0.2, -0.15) is 0 Å². The first-order chi connectivity index (χ1) is 6.57. The lowest BCUT2D eigenvalue weighted by atomic mass is 9.97. The minimum atomic E-state index is 0.166. The second-order valence-corrected chi connectivity index (χ2v) is 4.80. The molecule has 1 heterocycles. The van der Waals surface area contributed by atoms with E-state index in [0.29, 0.717) is 6.04 Å². The Morgan fingerprint density at radius 1 is 1.21 bits per heavy atom. The minimum Gasteiger partial charge on any atom is -0.381 e. The van der Waals surface area contributed by atoms with E-state index in [1.807, 2.05) is 0 Å². The van der Waals surface area contributed by atoms with Crippen molar-refractivity contribution in [3.63, 3.8) is 0 Å². The van der Waals surface area contributed by atoms with Crippen LogP contribution in [0.15, 0.2) is 24.3 Å². The highest BCUT2D eigenvalue weighted by Crippen LogP contribution is 2.31. The van der Waals surface area contributed by atoms with Gasteiger partial charge in [0.15, 0.2) is 0 Å². The summed E-state index contributed by atoms with van der Waals surface area (Å²) in [5, 5.41) is 7.08. The fourth-order valence-corrected chi connectivity index (χ4v) is 2.22. The Balaban J connectivity index is 2.37. The Bertz CT molecular complexity index is 331. The summed E-state index contributed by atoms with van der Waals surface area (Å²) >= 11 is 0. The van der Waals surface area contributed by atoms with Crippen LogP contribution in [0.3, 0.4) is 0 Å². The number of nitrogens with one attached hydrogen (secondary N) is 2. The van der Waals surface area contributed by atoms with Crippen molar-refractivity contribution in [1.82, 2.24) is 0 Å². The second kappa shape index (κ2) is 3.19. The Hall–Kier alpha value is -1.18. The molecule has 2 N–H and O–H groups in total. The molecule has 1 aromatic carbocycles. The lowest BCUT2D eigenvalue weighted by Crippen LogP contribution is -2.33. The third-order valence-electron chi connectivity index (χ3n) is 2.62. The van der Waals surface area contributed by atoms with Gasteiger partial charge in [0.25, 0.3) is 0 Å². The van der Waals surface area contributed by atoms with Crippen LogP contribution in [0.1, 0.15) is 27.2 Å². The molecule has 0 aromatic heterocycles. The molecule has 0 saturated heterocycles. The van der Waals surface area contributed by atoms with E-state index in [-0.39, 0.29) is 5.54 Å². The summed E-state index contributed by atoms with van der Waals surface area (Å²) in [7, 11) is 0. The summed E-state index contributed by atoms with van der Waals surface area (Å²) < 4.78 is 0. The van der Waals surface area contributed by atoms with Crippen LogP contribution < -0.4 is 10.6 Å². The number of anilines is 2. The predicted molar refractivity (Wildman–Crippen MR) is 61.8 cm³/mol. The van der Waals surface area contributed by atoms with Crippen LogP contribution in [-0.2, 0) is 0 Å². The molecule has 0 spiro atoms. The van der Waals surface area contributed by atoms with Crippen LogP contribution in [0, 0.1) is 0 Å². The Morgan fingerprint density at radius 3 is 2.57 bits per heavy atom. The number of rotatable bonds is 0. The zero-order chi connectivity index (χ0) is 10.2. The maximum atomic E-state index is 3.57. The van der Waals surface area contributed by atoms with Crippen molar-refractivity contribution in [2.75, 3.05) is 10.6 Å². The number of benzene rings is 1. The zero-order valence-electron chi connectivity index (χ0n) is 9.09. The monoisotopic (exact) mass is 190 g/mol. The SMILES string of the molecule is C[C@H]1CC(C)(C)Nc2ccccc2N1. The lowest BCUT2D eigenvalue weighted by Gasteiger charge is -2.26. The van der Waals surface area contributed by atoms with Gasteiger partial charge in [-0.25, -0.2) is 0 Å². The van der Waals surface area contributed by atoms with E-state index in [9.17, 15) is 0 Å². The van der Waals surface area contributed by atoms with Crippen LogP contribution in [0.5, 0.6) is 0 Å². The van der Waals surface area contributed by atoms with Crippen molar-refractivity contribution in [2.24, 2.45) is 0 Å². The van der Waals surface area contributed by atoms with Crippen molar-refractivity contribution < 1.29 is 0 Å². The predicted octanol–water partition coefficient (Wildman–Crippen LogP) is 3.08. The highest BCUT2D eigenvalue weighted by atomic mass is 15.1. The molecule has 76 valence electrons. The molecule has 0 radical (unpaired) electrons. The van der Waals surface area contributed by atoms with E-state index in [0.717, 1.165) is 6.42 Å². The Kier molecular flexibility index (Phi) is 2.14. The highest BCUT2D eigenvalue weighted by molar-refractivity contribution is 5.70. The van der Waals surface area contributed by atoms with Gasteiger partial charge in [0.1, 0.15) is 0 Å². The van der Waals surface area contributed by atoms with Crippen molar-refractivity contribution >= 4 is 11.4 Å². The van der Waals surface area contributed by atoms with Crippen molar-refractivity contribution in [3.05, 3.63) is 24.3 Å². The van der Waals surface area contributed by atoms with Gasteiger partial charge >= 0.3 is 0 Å². The lowest BCUT2D eigenvalue weighted by molar-refractivity contribution is 0.492. The van der Waals surface area contributed by atoms with E-state index in [1.165, 1.54) is 11.4 Å². The van der Waals surface area contributed by atoms with E-state index in [4.69, 9.17) is 0 Å². The summed E-state index contributed by atoms with van der Waals surface area (Å²) in [6.45, 7) is 6.71. The third kappa shape index (κ3) is 1.84. The maximum absolute atomic E-state index is 3.57. The van der Waals surface area contributed by atoms with Crippen molar-refractivity contribution in [1.29, 1.82) is 0 Å². The largest absolute Gasteiger partial charge is 0.381 e. The number of hydrogen-bond donors (Lipinski definition) is 2. The first-order valence-electron chi connectivity index (χ1n) is 5.21. The van der Waals surface area contributed by atoms with Gasteiger partial charge in [-0.05, 0) is 39.3 Å². The van der Waals surface area contributed by atoms with Gasteiger partial charge in [0, 0.05) is 11.6 Å². The van der Waals surface area contributed by atoms with Gasteiger partial charge in [-0.15, -0.1) is 0 Å². The zero-order valence-corrected chi connectivity index (χ0v) is 9.09. The Morgan fingerprint density at radius 2 is 1.86 bits per heavy atom. The first kappa shape index (κ1) is 9.38. The summed E-state index contributed by atoms with van der Waals surface area (Å²) in [5.74, 6) is 0. The van der Waals surface area contributed by atoms with Crippen LogP contribution in [-0.4, -0.2) is 11.6 Å². The van der Waals surface area contributed by atoms with Gasteiger partial charge in [-0.3, -0.25) is 0 Å². The summed E-state index contributed by atoms with van der Waals surface area (Å²) in [6, 6.07) is 8.90. The first-order valence-corrected chi connectivity index (χ1v) is 5.21. The number of fused-ring (bicyclic) bond motifs is 1. The summed E-state index contributed by atoms with van der Waals surface area (Å²) in [6.07, 6.45) is 1.13. The van der Waals surface area contributed by atoms with Crippen LogP contribution in [0.4, 0.5) is 11.4 Å². The van der Waals surface area contributed by atoms with E-state index in [1.54, 1.807) is 0 Å². The molecule has 0 unspecified atom stereocenters. The molecule has 0 bridgehead atoms. The van der Waals surface area contributed by atoms with E-state index in [2.05, 4.69) is 55.7 Å². The Labute approximate surface area is 85.7 Å². The van der Waals surface area contributed by atoms with Gasteiger partial charge in [0.05, 0.1) is 11.4 Å². The number of para-hydroxylation sites is 2. The molecule has 2 rings (SSSR count). The van der Waals surface area contributed by atoms with E-state index < -0.39 is 0 Å². The van der Waals surface area contributed by atoms with Gasteiger partial charge in [-0.1, -0.05) is 12.1 Å². The molecular formula is C12H18N2. The van der Waals surface area contributed by atoms with Crippen molar-refractivity contribution in [2.45, 2.75) is 38.8 Å². The summed E-state index contributed by atoms with van der Waals surface area (Å²) in [4.78, 5) is 0. The van der Waals surface area contributed by atoms with Gasteiger partial charge in [0.2, 0.25) is 0 Å². The molecule has 1 aromatic rings. The average molecular weight is 190 g/mol. The quantitative estimate of drug-likeness (QED) is 0.657. The third-order valence-corrected chi connectivity index (χ3v) is 2.62. The fourth-order valence-electron chi connectivity index (χ4n) is 2.22. The van der Waals surface area contributed by atoms with Crippen molar-refractivity contribution in [3.8, 4) is 0 Å². The second-order valence-electron chi connectivity index (χ2n) is 4.80. The fraction of sp³-hybridized carbons (Fsp3) is 0.500. The highest BCUT2D eigenvalue weighted by Gasteiger charge is 2.25. The van der Waals surface area contributed by atoms with Crippen LogP contribution in [0.2, 0.25) is 0 Å². The molecule has 1 atom stereocenters. The smallest absolute Gasteiger partial charge is 0.0580 e. The molecule has 1 aliphatic rings. The summed E-state index contributed by atoms with van der Waals surface area (Å²) in [5.41, 5.74) is 2.59. The normalized spacial score (nSPS) is 24.1. The molecule has 0 aliphatic carbocycles. The number of hydrogen-bond acceptors (Lipinski definition) is 2. The minimum absolute atomic E-state index is 0.166. The topological polar surface area (TPSA) is 24.1 Å². The molecule has 0 amide bonds.